The number of ether oxygens (including phenoxy) is 2. The molecule has 64 heavy (non-hydrogen) atoms. The second-order valence-corrected chi connectivity index (χ2v) is 16.6. The number of fused-ring (bicyclic) bond motifs is 2. The number of imidazole rings is 2. The number of nitrogens with zero attached hydrogens (tertiary/aromatic N) is 11. The van der Waals surface area contributed by atoms with Crippen molar-refractivity contribution in [3.8, 4) is 0 Å². The van der Waals surface area contributed by atoms with Crippen LogP contribution in [0.15, 0.2) is 59.4 Å². The van der Waals surface area contributed by atoms with E-state index in [-0.39, 0.29) is 61.0 Å². The number of rotatable bonds is 8. The maximum atomic E-state index is 12.8. The zero-order valence-electron chi connectivity index (χ0n) is 35.3. The molecule has 0 radical (unpaired) electrons. The van der Waals surface area contributed by atoms with E-state index in [4.69, 9.17) is 24.8 Å². The van der Waals surface area contributed by atoms with E-state index in [0.717, 1.165) is 75.0 Å². The van der Waals surface area contributed by atoms with Crippen LogP contribution in [0.25, 0.3) is 11.0 Å². The SMILES string of the molecule is C.CC1CN(C(=O)Cc2cncnc2)CC1c1nn2c(C3CCOCC3)ncc2c(=O)[nH]1.CC1CNCC1c1nn2c(C3CCOCC3)ncc2c(=O)[nH]1.O=C(O)Cc1cncnc1. The number of H-pyrrole nitrogens is 2. The third-order valence-corrected chi connectivity index (χ3v) is 12.2. The Kier molecular flexibility index (Phi) is 14.9. The van der Waals surface area contributed by atoms with E-state index in [1.807, 2.05) is 4.90 Å². The maximum absolute atomic E-state index is 12.8. The molecule has 0 aromatic carbocycles. The van der Waals surface area contributed by atoms with Crippen LogP contribution < -0.4 is 16.4 Å². The molecule has 1 amide bonds. The van der Waals surface area contributed by atoms with Crippen LogP contribution in [-0.2, 0) is 31.9 Å². The van der Waals surface area contributed by atoms with Gasteiger partial charge in [-0.15, -0.1) is 0 Å². The van der Waals surface area contributed by atoms with E-state index in [9.17, 15) is 19.2 Å². The molecule has 4 N–H and O–H groups in total. The Balaban J connectivity index is 0.000000161. The Morgan fingerprint density at radius 3 is 1.62 bits per heavy atom. The number of nitrogens with one attached hydrogen (secondary N) is 3. The highest BCUT2D eigenvalue weighted by Crippen LogP contribution is 2.32. The summed E-state index contributed by atoms with van der Waals surface area (Å²) in [5.74, 6) is 3.63. The first-order valence-electron chi connectivity index (χ1n) is 21.4. The summed E-state index contributed by atoms with van der Waals surface area (Å²) >= 11 is 0. The van der Waals surface area contributed by atoms with Gasteiger partial charge in [0.2, 0.25) is 5.91 Å². The first-order chi connectivity index (χ1) is 30.6. The van der Waals surface area contributed by atoms with Gasteiger partial charge in [0, 0.05) is 94.5 Å². The molecule has 340 valence electrons. The maximum Gasteiger partial charge on any atom is 0.307 e. The monoisotopic (exact) mass is 880 g/mol. The molecule has 4 aliphatic heterocycles. The fourth-order valence-electron chi connectivity index (χ4n) is 8.67. The molecule has 21 heteroatoms. The normalized spacial score (nSPS) is 21.4. The average Bonchev–Trinajstić information content (AvgIpc) is 4.12. The van der Waals surface area contributed by atoms with Crippen molar-refractivity contribution in [2.75, 3.05) is 52.6 Å². The minimum Gasteiger partial charge on any atom is -0.481 e. The highest BCUT2D eigenvalue weighted by Gasteiger charge is 2.36. The number of likely N-dealkylation sites (tertiary alicyclic amines) is 1. The van der Waals surface area contributed by atoms with Crippen LogP contribution in [0.4, 0.5) is 0 Å². The molecule has 0 spiro atoms. The van der Waals surface area contributed by atoms with E-state index in [2.05, 4.69) is 59.0 Å². The van der Waals surface area contributed by atoms with Gasteiger partial charge in [0.15, 0.2) is 11.0 Å². The Morgan fingerprint density at radius 2 is 1.16 bits per heavy atom. The summed E-state index contributed by atoms with van der Waals surface area (Å²) in [6.07, 6.45) is 16.2. The lowest BCUT2D eigenvalue weighted by atomic mass is 9.97. The lowest BCUT2D eigenvalue weighted by Gasteiger charge is -2.21. The summed E-state index contributed by atoms with van der Waals surface area (Å²) in [5, 5.41) is 21.2. The first kappa shape index (κ1) is 45.7. The van der Waals surface area contributed by atoms with Gasteiger partial charge in [0.05, 0.1) is 25.2 Å². The van der Waals surface area contributed by atoms with Crippen molar-refractivity contribution in [1.82, 2.24) is 69.3 Å². The quantitative estimate of drug-likeness (QED) is 0.171. The molecule has 4 atom stereocenters. The molecule has 4 fully saturated rings. The van der Waals surface area contributed by atoms with Crippen LogP contribution >= 0.6 is 0 Å². The molecule has 10 heterocycles. The molecule has 4 aliphatic rings. The van der Waals surface area contributed by atoms with Crippen LogP contribution in [0.1, 0.15) is 105 Å². The van der Waals surface area contributed by atoms with Crippen LogP contribution in [0.3, 0.4) is 0 Å². The van der Waals surface area contributed by atoms with Crippen LogP contribution in [0.5, 0.6) is 0 Å². The van der Waals surface area contributed by atoms with E-state index in [0.29, 0.717) is 60.6 Å². The van der Waals surface area contributed by atoms with Crippen molar-refractivity contribution in [1.29, 1.82) is 0 Å². The number of hydrogen-bond acceptors (Lipinski definition) is 15. The second-order valence-electron chi connectivity index (χ2n) is 16.6. The molecular formula is C43H56N14O7. The summed E-state index contributed by atoms with van der Waals surface area (Å²) in [5.41, 5.74) is 2.09. The van der Waals surface area contributed by atoms with Crippen molar-refractivity contribution in [2.45, 2.75) is 83.5 Å². The van der Waals surface area contributed by atoms with E-state index in [1.165, 1.54) is 25.0 Å². The van der Waals surface area contributed by atoms with E-state index < -0.39 is 5.97 Å². The molecule has 0 bridgehead atoms. The van der Waals surface area contributed by atoms with Gasteiger partial charge in [-0.2, -0.15) is 10.2 Å². The number of aromatic nitrogens is 12. The van der Waals surface area contributed by atoms with Crippen LogP contribution in [0, 0.1) is 11.8 Å². The molecule has 4 saturated heterocycles. The first-order valence-corrected chi connectivity index (χ1v) is 21.4. The van der Waals surface area contributed by atoms with Gasteiger partial charge < -0.3 is 34.8 Å². The number of aliphatic carboxylic acids is 1. The highest BCUT2D eigenvalue weighted by atomic mass is 16.5. The van der Waals surface area contributed by atoms with Crippen molar-refractivity contribution < 1.29 is 24.2 Å². The smallest absolute Gasteiger partial charge is 0.307 e. The lowest BCUT2D eigenvalue weighted by molar-refractivity contribution is -0.136. The number of carboxylic acid groups (broad SMARTS) is 1. The fourth-order valence-corrected chi connectivity index (χ4v) is 8.67. The van der Waals surface area contributed by atoms with Crippen LogP contribution in [-0.4, -0.2) is 134 Å². The topological polar surface area (TPSA) is 266 Å². The summed E-state index contributed by atoms with van der Waals surface area (Å²) in [4.78, 5) is 80.0. The molecule has 0 saturated carbocycles. The minimum absolute atomic E-state index is 0. The second kappa shape index (κ2) is 20.9. The fraction of sp³-hybridized carbons (Fsp3) is 0.535. The number of carbonyl (C=O) groups excluding carboxylic acids is 1. The Bertz CT molecular complexity index is 2600. The van der Waals surface area contributed by atoms with Gasteiger partial charge in [0.25, 0.3) is 11.1 Å². The van der Waals surface area contributed by atoms with Gasteiger partial charge >= 0.3 is 5.97 Å². The van der Waals surface area contributed by atoms with Gasteiger partial charge in [-0.25, -0.2) is 38.9 Å². The van der Waals surface area contributed by atoms with Gasteiger partial charge in [0.1, 0.15) is 36.0 Å². The van der Waals surface area contributed by atoms with Crippen molar-refractivity contribution in [2.24, 2.45) is 11.8 Å². The lowest BCUT2D eigenvalue weighted by Crippen LogP contribution is -2.30. The molecule has 6 aromatic heterocycles. The van der Waals surface area contributed by atoms with Gasteiger partial charge in [-0.1, -0.05) is 21.3 Å². The molecule has 0 aliphatic carbocycles. The van der Waals surface area contributed by atoms with Gasteiger partial charge in [-0.05, 0) is 55.2 Å². The average molecular weight is 881 g/mol. The zero-order valence-corrected chi connectivity index (χ0v) is 35.3. The van der Waals surface area contributed by atoms with Crippen molar-refractivity contribution in [3.05, 3.63) is 105 Å². The third kappa shape index (κ3) is 10.5. The van der Waals surface area contributed by atoms with Crippen molar-refractivity contribution in [3.63, 3.8) is 0 Å². The highest BCUT2D eigenvalue weighted by molar-refractivity contribution is 5.79. The molecule has 6 aromatic rings. The molecule has 10 rings (SSSR count). The minimum atomic E-state index is -0.866. The molecule has 4 unspecified atom stereocenters. The number of carboxylic acids is 1. The van der Waals surface area contributed by atoms with Gasteiger partial charge in [-0.3, -0.25) is 19.2 Å². The molecule has 21 nitrogen and oxygen atoms in total. The predicted octanol–water partition coefficient (Wildman–Crippen LogP) is 2.28. The standard InChI is InChI=1S/C21H25N7O3.C15H21N5O2.C6H6N2O2.CH4/c1-13-10-27(18(29)6-14-7-22-12-23-8-14)11-16(13)19-25-21(30)17-9-24-20(28(17)26-19)15-2-4-31-5-3-15;1-9-6-16-7-11(9)13-18-15(21)12-8-17-14(20(12)19-13)10-2-4-22-5-3-10;9-6(10)1-5-2-7-4-8-3-5;/h7-9,12-13,15-16H,2-6,10-11H2,1H3,(H,25,26,30);8-11,16H,2-7H2,1H3,(H,18,19,21);2-4H,1H2,(H,9,10);1H4. The van der Waals surface area contributed by atoms with Crippen molar-refractivity contribution >= 4 is 22.9 Å². The van der Waals surface area contributed by atoms with Crippen LogP contribution in [0.2, 0.25) is 0 Å². The number of aromatic amines is 2. The Morgan fingerprint density at radius 1 is 0.672 bits per heavy atom. The summed E-state index contributed by atoms with van der Waals surface area (Å²) in [6, 6.07) is 0. The zero-order chi connectivity index (χ0) is 43.9. The molecular weight excluding hydrogens is 825 g/mol. The predicted molar refractivity (Wildman–Crippen MR) is 232 cm³/mol. The largest absolute Gasteiger partial charge is 0.481 e. The number of amides is 1. The summed E-state index contributed by atoms with van der Waals surface area (Å²) in [6.45, 7) is 10.1. The summed E-state index contributed by atoms with van der Waals surface area (Å²) in [7, 11) is 0. The Hall–Kier alpha value is -6.32. The van der Waals surface area contributed by atoms with E-state index >= 15 is 0 Å². The Labute approximate surface area is 368 Å². The number of carbonyl (C=O) groups is 2. The number of hydrogen-bond donors (Lipinski definition) is 4. The van der Waals surface area contributed by atoms with E-state index in [1.54, 1.807) is 33.8 Å². The summed E-state index contributed by atoms with van der Waals surface area (Å²) < 4.78 is 14.3. The third-order valence-electron chi connectivity index (χ3n) is 12.2.